The molecule has 0 radical (unpaired) electrons. The number of hydrogen-bond donors (Lipinski definition) is 0. The average Bonchev–Trinajstić information content (AvgIpc) is 3.22. The topological polar surface area (TPSA) is 27.1 Å². The van der Waals surface area contributed by atoms with Gasteiger partial charge in [-0.1, -0.05) is 60.7 Å². The van der Waals surface area contributed by atoms with Crippen molar-refractivity contribution >= 4 is 10.9 Å². The van der Waals surface area contributed by atoms with Crippen LogP contribution in [0.3, 0.4) is 0 Å². The van der Waals surface area contributed by atoms with Crippen LogP contribution in [0.4, 0.5) is 13.2 Å². The van der Waals surface area contributed by atoms with Crippen LogP contribution in [0.2, 0.25) is 0 Å². The highest BCUT2D eigenvalue weighted by Gasteiger charge is 2.34. The third kappa shape index (κ3) is 4.71. The minimum atomic E-state index is -4.49. The molecule has 0 atom stereocenters. The highest BCUT2D eigenvalue weighted by Crippen LogP contribution is 2.38. The molecular formula is C30H25F3N2O. The van der Waals surface area contributed by atoms with Crippen LogP contribution < -0.4 is 4.74 Å². The van der Waals surface area contributed by atoms with Crippen LogP contribution in [0.25, 0.3) is 22.2 Å². The Morgan fingerprint density at radius 2 is 1.44 bits per heavy atom. The monoisotopic (exact) mass is 486 g/mol. The van der Waals surface area contributed by atoms with E-state index >= 15 is 0 Å². The molecule has 182 valence electrons. The van der Waals surface area contributed by atoms with Crippen molar-refractivity contribution in [1.82, 2.24) is 9.78 Å². The van der Waals surface area contributed by atoms with Crippen LogP contribution in [-0.2, 0) is 19.3 Å². The van der Waals surface area contributed by atoms with Crippen molar-refractivity contribution in [2.75, 3.05) is 0 Å². The number of aromatic nitrogens is 2. The Hall–Kier alpha value is -4.06. The maximum absolute atomic E-state index is 13.8. The SMILES string of the molecule is Cc1cccc(C)c1COc1ccc(-c2c3cccc(C(F)(F)F)c3nn2Cc2ccccc2)cc1. The highest BCUT2D eigenvalue weighted by atomic mass is 19.4. The average molecular weight is 487 g/mol. The number of benzene rings is 4. The summed E-state index contributed by atoms with van der Waals surface area (Å²) in [6.45, 7) is 4.92. The second kappa shape index (κ2) is 9.53. The molecule has 6 heteroatoms. The molecule has 4 aromatic carbocycles. The van der Waals surface area contributed by atoms with Gasteiger partial charge in [0.05, 0.1) is 17.8 Å². The van der Waals surface area contributed by atoms with Gasteiger partial charge in [-0.25, -0.2) is 0 Å². The smallest absolute Gasteiger partial charge is 0.418 e. The zero-order valence-corrected chi connectivity index (χ0v) is 20.0. The van der Waals surface area contributed by atoms with Crippen LogP contribution >= 0.6 is 0 Å². The molecule has 0 saturated heterocycles. The number of aryl methyl sites for hydroxylation is 2. The molecule has 0 fully saturated rings. The Bertz CT molecular complexity index is 1480. The molecular weight excluding hydrogens is 461 g/mol. The lowest BCUT2D eigenvalue weighted by Gasteiger charge is -2.13. The summed E-state index contributed by atoms with van der Waals surface area (Å²) >= 11 is 0. The fourth-order valence-corrected chi connectivity index (χ4v) is 4.50. The van der Waals surface area contributed by atoms with Crippen molar-refractivity contribution in [2.45, 2.75) is 33.2 Å². The normalized spacial score (nSPS) is 11.7. The quantitative estimate of drug-likeness (QED) is 0.243. The van der Waals surface area contributed by atoms with Gasteiger partial charge < -0.3 is 4.74 Å². The lowest BCUT2D eigenvalue weighted by atomic mass is 10.0. The van der Waals surface area contributed by atoms with Crippen LogP contribution in [0.1, 0.15) is 27.8 Å². The molecule has 1 heterocycles. The van der Waals surface area contributed by atoms with Crippen LogP contribution in [0, 0.1) is 13.8 Å². The van der Waals surface area contributed by atoms with Crippen LogP contribution in [-0.4, -0.2) is 9.78 Å². The van der Waals surface area contributed by atoms with E-state index in [4.69, 9.17) is 4.74 Å². The largest absolute Gasteiger partial charge is 0.489 e. The van der Waals surface area contributed by atoms with Gasteiger partial charge in [-0.3, -0.25) is 4.68 Å². The fourth-order valence-electron chi connectivity index (χ4n) is 4.50. The van der Waals surface area contributed by atoms with E-state index < -0.39 is 11.7 Å². The van der Waals surface area contributed by atoms with Gasteiger partial charge in [0, 0.05) is 10.9 Å². The number of rotatable bonds is 6. The second-order valence-corrected chi connectivity index (χ2v) is 8.87. The lowest BCUT2D eigenvalue weighted by Crippen LogP contribution is -2.06. The molecule has 5 rings (SSSR count). The first-order valence-electron chi connectivity index (χ1n) is 11.7. The third-order valence-electron chi connectivity index (χ3n) is 6.41. The molecule has 0 N–H and O–H groups in total. The molecule has 5 aromatic rings. The number of alkyl halides is 3. The standard InChI is InChI=1S/C30H25F3N2O/c1-20-8-6-9-21(2)26(20)19-36-24-16-14-23(15-17-24)29-25-12-7-13-27(30(31,32)33)28(25)34-35(29)18-22-10-4-3-5-11-22/h3-17H,18-19H2,1-2H3. The van der Waals surface area contributed by atoms with E-state index in [-0.39, 0.29) is 5.52 Å². The molecule has 0 aliphatic heterocycles. The number of hydrogen-bond acceptors (Lipinski definition) is 2. The van der Waals surface area contributed by atoms with E-state index in [0.29, 0.717) is 30.0 Å². The number of ether oxygens (including phenoxy) is 1. The van der Waals surface area contributed by atoms with Crippen molar-refractivity contribution in [3.05, 3.63) is 119 Å². The third-order valence-corrected chi connectivity index (χ3v) is 6.41. The van der Waals surface area contributed by atoms with Crippen LogP contribution in [0.5, 0.6) is 5.75 Å². The number of halogens is 3. The van der Waals surface area contributed by atoms with E-state index in [1.807, 2.05) is 60.7 Å². The first-order valence-corrected chi connectivity index (χ1v) is 11.7. The van der Waals surface area contributed by atoms with Gasteiger partial charge in [-0.2, -0.15) is 18.3 Å². The summed E-state index contributed by atoms with van der Waals surface area (Å²) in [7, 11) is 0. The zero-order chi connectivity index (χ0) is 25.3. The van der Waals surface area contributed by atoms with Gasteiger partial charge >= 0.3 is 6.18 Å². The molecule has 0 aliphatic carbocycles. The van der Waals surface area contributed by atoms with Gasteiger partial charge in [0.1, 0.15) is 17.9 Å². The summed E-state index contributed by atoms with van der Waals surface area (Å²) in [6.07, 6.45) is -4.49. The van der Waals surface area contributed by atoms with E-state index in [0.717, 1.165) is 22.8 Å². The number of fused-ring (bicyclic) bond motifs is 1. The predicted molar refractivity (Wildman–Crippen MR) is 136 cm³/mol. The summed E-state index contributed by atoms with van der Waals surface area (Å²) in [5, 5.41) is 4.90. The van der Waals surface area contributed by atoms with Gasteiger partial charge in [0.25, 0.3) is 0 Å². The maximum Gasteiger partial charge on any atom is 0.418 e. The lowest BCUT2D eigenvalue weighted by molar-refractivity contribution is -0.136. The summed E-state index contributed by atoms with van der Waals surface area (Å²) in [6, 6.07) is 27.4. The summed E-state index contributed by atoms with van der Waals surface area (Å²) in [4.78, 5) is 0. The fraction of sp³-hybridized carbons (Fsp3) is 0.167. The van der Waals surface area contributed by atoms with Crippen molar-refractivity contribution in [1.29, 1.82) is 0 Å². The molecule has 0 saturated carbocycles. The molecule has 36 heavy (non-hydrogen) atoms. The first kappa shape index (κ1) is 23.7. The summed E-state index contributed by atoms with van der Waals surface area (Å²) in [5.41, 5.74) is 5.06. The molecule has 0 bridgehead atoms. The van der Waals surface area contributed by atoms with Gasteiger partial charge in [-0.15, -0.1) is 0 Å². The van der Waals surface area contributed by atoms with Crippen molar-refractivity contribution < 1.29 is 17.9 Å². The molecule has 1 aromatic heterocycles. The minimum absolute atomic E-state index is 0.0497. The van der Waals surface area contributed by atoms with E-state index in [2.05, 4.69) is 31.1 Å². The minimum Gasteiger partial charge on any atom is -0.489 e. The summed E-state index contributed by atoms with van der Waals surface area (Å²) in [5.74, 6) is 0.691. The highest BCUT2D eigenvalue weighted by molar-refractivity contribution is 5.95. The van der Waals surface area contributed by atoms with Crippen molar-refractivity contribution in [3.8, 4) is 17.0 Å². The molecule has 0 aliphatic rings. The molecule has 0 spiro atoms. The maximum atomic E-state index is 13.8. The second-order valence-electron chi connectivity index (χ2n) is 8.87. The number of nitrogens with zero attached hydrogens (tertiary/aromatic N) is 2. The van der Waals surface area contributed by atoms with Gasteiger partial charge in [0.15, 0.2) is 0 Å². The van der Waals surface area contributed by atoms with E-state index in [1.165, 1.54) is 17.2 Å². The summed E-state index contributed by atoms with van der Waals surface area (Å²) < 4.78 is 49.0. The zero-order valence-electron chi connectivity index (χ0n) is 20.0. The predicted octanol–water partition coefficient (Wildman–Crippen LogP) is 7.97. The molecule has 0 unspecified atom stereocenters. The van der Waals surface area contributed by atoms with Crippen molar-refractivity contribution in [2.24, 2.45) is 0 Å². The Morgan fingerprint density at radius 1 is 0.778 bits per heavy atom. The Kier molecular flexibility index (Phi) is 6.27. The van der Waals surface area contributed by atoms with Crippen molar-refractivity contribution in [3.63, 3.8) is 0 Å². The van der Waals surface area contributed by atoms with Gasteiger partial charge in [-0.05, 0) is 66.4 Å². The Balaban J connectivity index is 1.52. The first-order chi connectivity index (χ1) is 17.3. The molecule has 0 amide bonds. The van der Waals surface area contributed by atoms with Crippen LogP contribution in [0.15, 0.2) is 91.0 Å². The van der Waals surface area contributed by atoms with E-state index in [1.54, 1.807) is 10.7 Å². The Labute approximate surface area is 207 Å². The van der Waals surface area contributed by atoms with E-state index in [9.17, 15) is 13.2 Å². The molecule has 3 nitrogen and oxygen atoms in total. The Morgan fingerprint density at radius 3 is 2.11 bits per heavy atom. The van der Waals surface area contributed by atoms with Gasteiger partial charge in [0.2, 0.25) is 0 Å².